The van der Waals surface area contributed by atoms with E-state index in [-0.39, 0.29) is 29.8 Å². The monoisotopic (exact) mass is 572 g/mol. The molecule has 0 unspecified atom stereocenters. The second kappa shape index (κ2) is 13.0. The van der Waals surface area contributed by atoms with Crippen molar-refractivity contribution in [3.05, 3.63) is 131 Å². The number of benzene rings is 4. The van der Waals surface area contributed by atoms with Crippen molar-refractivity contribution < 1.29 is 23.0 Å². The minimum atomic E-state index is -3.69. The molecule has 8 heteroatoms. The lowest BCUT2D eigenvalue weighted by atomic mass is 9.99. The molecule has 0 saturated carbocycles. The molecule has 0 bridgehead atoms. The molecular weight excluding hydrogens is 536 g/mol. The van der Waals surface area contributed by atoms with Crippen LogP contribution in [-0.4, -0.2) is 38.1 Å². The molecule has 2 N–H and O–H groups in total. The van der Waals surface area contributed by atoms with E-state index in [1.807, 2.05) is 42.5 Å². The third-order valence-corrected chi connectivity index (χ3v) is 8.94. The van der Waals surface area contributed by atoms with Crippen molar-refractivity contribution in [1.82, 2.24) is 4.90 Å². The summed E-state index contributed by atoms with van der Waals surface area (Å²) in [6, 6.07) is 33.8. The van der Waals surface area contributed by atoms with Gasteiger partial charge in [0.1, 0.15) is 0 Å². The zero-order chi connectivity index (χ0) is 28.8. The van der Waals surface area contributed by atoms with Crippen LogP contribution in [-0.2, 0) is 26.1 Å². The number of aliphatic hydroxyl groups excluding tert-OH is 1. The van der Waals surface area contributed by atoms with Gasteiger partial charge in [-0.3, -0.25) is 9.62 Å². The minimum Gasteiger partial charge on any atom is -0.392 e. The molecule has 0 spiro atoms. The Kier molecular flexibility index (Phi) is 9.17. The van der Waals surface area contributed by atoms with Gasteiger partial charge in [0.25, 0.3) is 10.0 Å². The summed E-state index contributed by atoms with van der Waals surface area (Å²) in [5, 5.41) is 9.47. The van der Waals surface area contributed by atoms with Crippen molar-refractivity contribution in [2.75, 3.05) is 18.3 Å². The van der Waals surface area contributed by atoms with Gasteiger partial charge in [-0.25, -0.2) is 8.42 Å². The van der Waals surface area contributed by atoms with E-state index in [1.165, 1.54) is 5.56 Å². The molecule has 214 valence electrons. The molecule has 1 aliphatic rings. The highest BCUT2D eigenvalue weighted by molar-refractivity contribution is 7.92. The number of hydrogen-bond donors (Lipinski definition) is 2. The summed E-state index contributed by atoms with van der Waals surface area (Å²) < 4.78 is 41.1. The Balaban J connectivity index is 1.34. The van der Waals surface area contributed by atoms with E-state index >= 15 is 0 Å². The molecule has 7 nitrogen and oxygen atoms in total. The number of sulfonamides is 1. The van der Waals surface area contributed by atoms with Crippen LogP contribution < -0.4 is 4.72 Å². The van der Waals surface area contributed by atoms with Gasteiger partial charge in [0.15, 0.2) is 6.29 Å². The van der Waals surface area contributed by atoms with E-state index in [1.54, 1.807) is 42.5 Å². The number of anilines is 1. The molecule has 4 aromatic carbocycles. The van der Waals surface area contributed by atoms with Gasteiger partial charge in [0, 0.05) is 30.3 Å². The summed E-state index contributed by atoms with van der Waals surface area (Å²) >= 11 is 0. The highest BCUT2D eigenvalue weighted by Crippen LogP contribution is 2.39. The molecule has 41 heavy (non-hydrogen) atoms. The number of rotatable bonds is 10. The van der Waals surface area contributed by atoms with Crippen LogP contribution in [0, 0.1) is 0 Å². The van der Waals surface area contributed by atoms with Crippen LogP contribution >= 0.6 is 0 Å². The molecule has 4 aromatic rings. The Labute approximate surface area is 242 Å². The molecule has 1 saturated heterocycles. The van der Waals surface area contributed by atoms with Gasteiger partial charge >= 0.3 is 0 Å². The molecule has 1 heterocycles. The first kappa shape index (κ1) is 29.0. The topological polar surface area (TPSA) is 88.1 Å². The minimum absolute atomic E-state index is 0.0112. The van der Waals surface area contributed by atoms with Crippen molar-refractivity contribution in [1.29, 1.82) is 0 Å². The molecule has 0 amide bonds. The Morgan fingerprint density at radius 3 is 2.10 bits per heavy atom. The van der Waals surface area contributed by atoms with Crippen molar-refractivity contribution in [2.45, 2.75) is 49.4 Å². The Morgan fingerprint density at radius 2 is 1.46 bits per heavy atom. The first-order valence-electron chi connectivity index (χ1n) is 13.8. The highest BCUT2D eigenvalue weighted by atomic mass is 32.2. The maximum absolute atomic E-state index is 12.8. The first-order chi connectivity index (χ1) is 19.8. The Morgan fingerprint density at radius 1 is 0.854 bits per heavy atom. The standard InChI is InChI=1S/C33H36N2O5S/c1-24(26-9-5-3-6-10-26)35(2)22-30-21-32(27-15-13-25(23-36)14-16-27)40-33(39-30)28-17-19-29(20-18-28)34-41(37,38)31-11-7-4-8-12-31/h3-20,24,30,32-34,36H,21-23H2,1-2H3/t24-,30+,32-,33-/m0/s1. The van der Waals surface area contributed by atoms with E-state index in [9.17, 15) is 13.5 Å². The summed E-state index contributed by atoms with van der Waals surface area (Å²) in [5.41, 5.74) is 4.36. The van der Waals surface area contributed by atoms with Crippen LogP contribution in [0.2, 0.25) is 0 Å². The van der Waals surface area contributed by atoms with Gasteiger partial charge in [-0.15, -0.1) is 0 Å². The predicted octanol–water partition coefficient (Wildman–Crippen LogP) is 6.22. The van der Waals surface area contributed by atoms with E-state index < -0.39 is 16.3 Å². The summed E-state index contributed by atoms with van der Waals surface area (Å²) in [6.45, 7) is 2.88. The zero-order valence-electron chi connectivity index (χ0n) is 23.3. The van der Waals surface area contributed by atoms with E-state index in [4.69, 9.17) is 9.47 Å². The van der Waals surface area contributed by atoms with E-state index in [0.717, 1.165) is 16.7 Å². The smallest absolute Gasteiger partial charge is 0.261 e. The highest BCUT2D eigenvalue weighted by Gasteiger charge is 2.33. The maximum atomic E-state index is 12.8. The summed E-state index contributed by atoms with van der Waals surface area (Å²) in [6.07, 6.45) is -0.265. The van der Waals surface area contributed by atoms with Crippen LogP contribution in [0.1, 0.15) is 54.0 Å². The van der Waals surface area contributed by atoms with Crippen molar-refractivity contribution >= 4 is 15.7 Å². The number of aliphatic hydroxyl groups is 1. The average Bonchev–Trinajstić information content (AvgIpc) is 3.01. The van der Waals surface area contributed by atoms with Gasteiger partial charge < -0.3 is 14.6 Å². The fourth-order valence-corrected chi connectivity index (χ4v) is 6.10. The van der Waals surface area contributed by atoms with Gasteiger partial charge in [0.05, 0.1) is 23.7 Å². The fourth-order valence-electron chi connectivity index (χ4n) is 5.02. The number of likely N-dealkylation sites (N-methyl/N-ethyl adjacent to an activating group) is 1. The van der Waals surface area contributed by atoms with Gasteiger partial charge in [-0.05, 0) is 54.9 Å². The molecule has 1 aliphatic heterocycles. The third kappa shape index (κ3) is 7.22. The van der Waals surface area contributed by atoms with Crippen molar-refractivity contribution in [3.8, 4) is 0 Å². The molecule has 4 atom stereocenters. The summed E-state index contributed by atoms with van der Waals surface area (Å²) in [7, 11) is -1.59. The quantitative estimate of drug-likeness (QED) is 0.235. The number of nitrogens with zero attached hydrogens (tertiary/aromatic N) is 1. The van der Waals surface area contributed by atoms with Crippen molar-refractivity contribution in [3.63, 3.8) is 0 Å². The summed E-state index contributed by atoms with van der Waals surface area (Å²) in [4.78, 5) is 2.49. The Hall–Kier alpha value is -3.53. The average molecular weight is 573 g/mol. The van der Waals surface area contributed by atoms with Gasteiger partial charge in [0.2, 0.25) is 0 Å². The van der Waals surface area contributed by atoms with Gasteiger partial charge in [-0.1, -0.05) is 84.9 Å². The molecule has 1 fully saturated rings. The van der Waals surface area contributed by atoms with Crippen LogP contribution in [0.3, 0.4) is 0 Å². The second-order valence-corrected chi connectivity index (χ2v) is 12.1. The molecule has 0 aliphatic carbocycles. The second-order valence-electron chi connectivity index (χ2n) is 10.4. The number of hydrogen-bond acceptors (Lipinski definition) is 6. The van der Waals surface area contributed by atoms with E-state index in [2.05, 4.69) is 47.9 Å². The number of ether oxygens (including phenoxy) is 2. The predicted molar refractivity (Wildman–Crippen MR) is 160 cm³/mol. The lowest BCUT2D eigenvalue weighted by molar-refractivity contribution is -0.253. The first-order valence-corrected chi connectivity index (χ1v) is 15.2. The zero-order valence-corrected chi connectivity index (χ0v) is 24.1. The Bertz CT molecular complexity index is 1500. The van der Waals surface area contributed by atoms with E-state index in [0.29, 0.717) is 18.7 Å². The largest absolute Gasteiger partial charge is 0.392 e. The van der Waals surface area contributed by atoms with Crippen LogP contribution in [0.5, 0.6) is 0 Å². The summed E-state index contributed by atoms with van der Waals surface area (Å²) in [5.74, 6) is 0. The third-order valence-electron chi connectivity index (χ3n) is 7.54. The molecule has 0 aromatic heterocycles. The number of nitrogens with one attached hydrogen (secondary N) is 1. The van der Waals surface area contributed by atoms with Crippen LogP contribution in [0.15, 0.2) is 114 Å². The maximum Gasteiger partial charge on any atom is 0.261 e. The van der Waals surface area contributed by atoms with Crippen LogP contribution in [0.4, 0.5) is 5.69 Å². The lowest BCUT2D eigenvalue weighted by Gasteiger charge is -2.39. The normalized spacial score (nSPS) is 20.0. The fraction of sp³-hybridized carbons (Fsp3) is 0.273. The molecule has 5 rings (SSSR count). The van der Waals surface area contributed by atoms with Gasteiger partial charge in [-0.2, -0.15) is 0 Å². The van der Waals surface area contributed by atoms with Crippen molar-refractivity contribution in [2.24, 2.45) is 0 Å². The SMILES string of the molecule is C[C@@H](c1ccccc1)N(C)C[C@H]1C[C@@H](c2ccc(CO)cc2)O[C@@H](c2ccc(NS(=O)(=O)c3ccccc3)cc2)O1. The molecular formula is C33H36N2O5S. The lowest BCUT2D eigenvalue weighted by Crippen LogP contribution is -2.38. The van der Waals surface area contributed by atoms with Crippen LogP contribution in [0.25, 0.3) is 0 Å². The molecule has 0 radical (unpaired) electrons.